The fourth-order valence-corrected chi connectivity index (χ4v) is 3.25. The number of nitrogens with one attached hydrogen (secondary N) is 1. The fourth-order valence-electron chi connectivity index (χ4n) is 3.25. The number of anilines is 2. The molecule has 0 radical (unpaired) electrons. The Morgan fingerprint density at radius 1 is 0.906 bits per heavy atom. The van der Waals surface area contributed by atoms with Crippen molar-refractivity contribution in [3.8, 4) is 34.9 Å². The highest BCUT2D eigenvalue weighted by Gasteiger charge is 2.15. The molecule has 1 N–H and O–H groups in total. The monoisotopic (exact) mass is 418 g/mol. The van der Waals surface area contributed by atoms with Crippen LogP contribution in [0.25, 0.3) is 11.1 Å². The van der Waals surface area contributed by atoms with E-state index in [1.165, 1.54) is 0 Å². The van der Waals surface area contributed by atoms with Gasteiger partial charge in [-0.15, -0.1) is 0 Å². The second kappa shape index (κ2) is 8.95. The molecule has 4 aromatic rings. The lowest BCUT2D eigenvalue weighted by Crippen LogP contribution is -2.02. The van der Waals surface area contributed by atoms with Crippen molar-refractivity contribution in [1.29, 1.82) is 10.5 Å². The van der Waals surface area contributed by atoms with Gasteiger partial charge in [-0.2, -0.15) is 15.5 Å². The van der Waals surface area contributed by atoms with E-state index in [1.807, 2.05) is 26.0 Å². The molecule has 0 atom stereocenters. The SMILES string of the molecule is Cc1cc(C#N)cc(C)c1Oc1nc(Nc2ccc(C#N)cc2)ncc1-c1cccnc1. The number of rotatable bonds is 5. The molecule has 154 valence electrons. The molecule has 2 aromatic heterocycles. The Morgan fingerprint density at radius 2 is 1.62 bits per heavy atom. The van der Waals surface area contributed by atoms with Gasteiger partial charge >= 0.3 is 0 Å². The molecule has 0 aliphatic carbocycles. The van der Waals surface area contributed by atoms with E-state index < -0.39 is 0 Å². The number of pyridine rings is 1. The summed E-state index contributed by atoms with van der Waals surface area (Å²) in [5.74, 6) is 1.35. The van der Waals surface area contributed by atoms with E-state index in [2.05, 4.69) is 32.4 Å². The van der Waals surface area contributed by atoms with Crippen molar-refractivity contribution >= 4 is 11.6 Å². The molecule has 7 nitrogen and oxygen atoms in total. The van der Waals surface area contributed by atoms with Crippen molar-refractivity contribution in [3.63, 3.8) is 0 Å². The van der Waals surface area contributed by atoms with Gasteiger partial charge in [-0.1, -0.05) is 6.07 Å². The van der Waals surface area contributed by atoms with Crippen LogP contribution >= 0.6 is 0 Å². The first kappa shape index (κ1) is 20.5. The molecule has 0 aliphatic rings. The number of nitrogens with zero attached hydrogens (tertiary/aromatic N) is 5. The Bertz CT molecular complexity index is 1330. The molecule has 2 aromatic carbocycles. The molecule has 7 heteroatoms. The van der Waals surface area contributed by atoms with Crippen LogP contribution in [0.2, 0.25) is 0 Å². The summed E-state index contributed by atoms with van der Waals surface area (Å²) in [4.78, 5) is 13.2. The maximum absolute atomic E-state index is 9.22. The Kier molecular flexibility index (Phi) is 5.74. The summed E-state index contributed by atoms with van der Waals surface area (Å²) in [6.45, 7) is 3.79. The Balaban J connectivity index is 1.75. The Hall–Kier alpha value is -4.75. The summed E-state index contributed by atoms with van der Waals surface area (Å²) in [6, 6.07) is 18.6. The van der Waals surface area contributed by atoms with Crippen LogP contribution in [0.3, 0.4) is 0 Å². The van der Waals surface area contributed by atoms with Gasteiger partial charge in [0.2, 0.25) is 11.8 Å². The largest absolute Gasteiger partial charge is 0.438 e. The summed E-state index contributed by atoms with van der Waals surface area (Å²) in [5, 5.41) is 21.3. The Morgan fingerprint density at radius 3 is 2.25 bits per heavy atom. The van der Waals surface area contributed by atoms with E-state index in [0.29, 0.717) is 34.3 Å². The van der Waals surface area contributed by atoms with E-state index in [-0.39, 0.29) is 0 Å². The minimum atomic E-state index is 0.348. The molecule has 4 rings (SSSR count). The highest BCUT2D eigenvalue weighted by Crippen LogP contribution is 2.35. The second-order valence-corrected chi connectivity index (χ2v) is 7.12. The van der Waals surface area contributed by atoms with Gasteiger partial charge in [-0.3, -0.25) is 4.98 Å². The van der Waals surface area contributed by atoms with E-state index in [0.717, 1.165) is 22.4 Å². The van der Waals surface area contributed by atoms with Crippen LogP contribution in [0.5, 0.6) is 11.6 Å². The quantitative estimate of drug-likeness (QED) is 0.460. The van der Waals surface area contributed by atoms with Crippen LogP contribution in [0.4, 0.5) is 11.6 Å². The van der Waals surface area contributed by atoms with Crippen LogP contribution in [-0.4, -0.2) is 15.0 Å². The van der Waals surface area contributed by atoms with Gasteiger partial charge in [0.05, 0.1) is 28.8 Å². The standard InChI is InChI=1S/C25H18N6O/c1-16-10-19(13-27)11-17(2)23(16)32-24-22(20-4-3-9-28-14-20)15-29-25(31-24)30-21-7-5-18(12-26)6-8-21/h3-11,14-15H,1-2H3,(H,29,30,31). The van der Waals surface area contributed by atoms with Crippen molar-refractivity contribution in [3.05, 3.63) is 89.4 Å². The van der Waals surface area contributed by atoms with Crippen molar-refractivity contribution in [2.24, 2.45) is 0 Å². The van der Waals surface area contributed by atoms with Crippen LogP contribution in [0, 0.1) is 36.5 Å². The summed E-state index contributed by atoms with van der Waals surface area (Å²) < 4.78 is 6.27. The molecule has 32 heavy (non-hydrogen) atoms. The summed E-state index contributed by atoms with van der Waals surface area (Å²) >= 11 is 0. The third-order valence-electron chi connectivity index (χ3n) is 4.78. The predicted molar refractivity (Wildman–Crippen MR) is 120 cm³/mol. The minimum Gasteiger partial charge on any atom is -0.438 e. The molecule has 0 fully saturated rings. The van der Waals surface area contributed by atoms with Gasteiger partial charge in [0, 0.05) is 29.8 Å². The summed E-state index contributed by atoms with van der Waals surface area (Å²) in [7, 11) is 0. The van der Waals surface area contributed by atoms with E-state index in [9.17, 15) is 5.26 Å². The van der Waals surface area contributed by atoms with E-state index >= 15 is 0 Å². The molecular formula is C25H18N6O. The van der Waals surface area contributed by atoms with Crippen molar-refractivity contribution < 1.29 is 4.74 Å². The molecular weight excluding hydrogens is 400 g/mol. The lowest BCUT2D eigenvalue weighted by atomic mass is 10.1. The van der Waals surface area contributed by atoms with E-state index in [1.54, 1.807) is 55.0 Å². The maximum Gasteiger partial charge on any atom is 0.232 e. The number of nitriles is 2. The first-order valence-electron chi connectivity index (χ1n) is 9.81. The first-order valence-corrected chi connectivity index (χ1v) is 9.81. The van der Waals surface area contributed by atoms with Crippen molar-refractivity contribution in [2.45, 2.75) is 13.8 Å². The number of aromatic nitrogens is 3. The van der Waals surface area contributed by atoms with Gasteiger partial charge in [0.15, 0.2) is 0 Å². The number of hydrogen-bond donors (Lipinski definition) is 1. The topological polar surface area (TPSA) is 108 Å². The number of ether oxygens (including phenoxy) is 1. The molecule has 0 saturated carbocycles. The highest BCUT2D eigenvalue weighted by molar-refractivity contribution is 5.69. The number of aryl methyl sites for hydroxylation is 2. The molecule has 0 aliphatic heterocycles. The minimum absolute atomic E-state index is 0.348. The predicted octanol–water partition coefficient (Wildman–Crippen LogP) is 5.43. The van der Waals surface area contributed by atoms with E-state index in [4.69, 9.17) is 10.00 Å². The van der Waals surface area contributed by atoms with Gasteiger partial charge in [-0.05, 0) is 67.4 Å². The molecule has 0 spiro atoms. The fraction of sp³-hybridized carbons (Fsp3) is 0.0800. The van der Waals surface area contributed by atoms with Gasteiger partial charge < -0.3 is 10.1 Å². The lowest BCUT2D eigenvalue weighted by Gasteiger charge is -2.15. The molecule has 0 unspecified atom stereocenters. The van der Waals surface area contributed by atoms with Crippen LogP contribution < -0.4 is 10.1 Å². The van der Waals surface area contributed by atoms with Crippen LogP contribution in [0.1, 0.15) is 22.3 Å². The average Bonchev–Trinajstić information content (AvgIpc) is 2.82. The summed E-state index contributed by atoms with van der Waals surface area (Å²) in [6.07, 6.45) is 5.10. The molecule has 0 amide bonds. The maximum atomic E-state index is 9.22. The third kappa shape index (κ3) is 4.38. The third-order valence-corrected chi connectivity index (χ3v) is 4.78. The van der Waals surface area contributed by atoms with Crippen molar-refractivity contribution in [1.82, 2.24) is 15.0 Å². The zero-order chi connectivity index (χ0) is 22.5. The van der Waals surface area contributed by atoms with Gasteiger partial charge in [-0.25, -0.2) is 4.98 Å². The first-order chi connectivity index (χ1) is 15.6. The summed E-state index contributed by atoms with van der Waals surface area (Å²) in [5.41, 5.74) is 5.06. The molecule has 0 bridgehead atoms. The number of benzene rings is 2. The lowest BCUT2D eigenvalue weighted by molar-refractivity contribution is 0.457. The second-order valence-electron chi connectivity index (χ2n) is 7.12. The van der Waals surface area contributed by atoms with Crippen LogP contribution in [0.15, 0.2) is 67.1 Å². The average molecular weight is 418 g/mol. The highest BCUT2D eigenvalue weighted by atomic mass is 16.5. The Labute approximate surface area is 185 Å². The zero-order valence-electron chi connectivity index (χ0n) is 17.5. The van der Waals surface area contributed by atoms with Crippen molar-refractivity contribution in [2.75, 3.05) is 5.32 Å². The number of hydrogen-bond acceptors (Lipinski definition) is 7. The normalized spacial score (nSPS) is 10.1. The smallest absolute Gasteiger partial charge is 0.232 e. The molecule has 0 saturated heterocycles. The van der Waals surface area contributed by atoms with Gasteiger partial charge in [0.1, 0.15) is 5.75 Å². The molecule has 2 heterocycles. The van der Waals surface area contributed by atoms with Crippen LogP contribution in [-0.2, 0) is 0 Å². The van der Waals surface area contributed by atoms with Gasteiger partial charge in [0.25, 0.3) is 0 Å². The zero-order valence-corrected chi connectivity index (χ0v) is 17.5.